The fourth-order valence-corrected chi connectivity index (χ4v) is 3.13. The average Bonchev–Trinajstić information content (AvgIpc) is 2.84. The highest BCUT2D eigenvalue weighted by molar-refractivity contribution is 6.43. The van der Waals surface area contributed by atoms with E-state index in [-0.39, 0.29) is 13.1 Å². The van der Waals surface area contributed by atoms with Crippen LogP contribution < -0.4 is 15.5 Å². The van der Waals surface area contributed by atoms with E-state index in [0.717, 1.165) is 7.05 Å². The lowest BCUT2D eigenvalue weighted by Gasteiger charge is -2.37. The lowest BCUT2D eigenvalue weighted by Crippen LogP contribution is -2.47. The third-order valence-electron chi connectivity index (χ3n) is 4.21. The third-order valence-corrected chi connectivity index (χ3v) is 5.02. The Hall–Kier alpha value is -1.17. The second-order valence-electron chi connectivity index (χ2n) is 5.97. The van der Waals surface area contributed by atoms with E-state index in [2.05, 4.69) is 0 Å². The summed E-state index contributed by atoms with van der Waals surface area (Å²) in [5, 5.41) is 4.37. The molecule has 150 valence electrons. The molecule has 3 rings (SSSR count). The molecule has 5 nitrogen and oxygen atoms in total. The van der Waals surface area contributed by atoms with E-state index in [1.165, 1.54) is 4.90 Å². The Morgan fingerprint density at radius 3 is 2.63 bits per heavy atom. The summed E-state index contributed by atoms with van der Waals surface area (Å²) in [6.45, 7) is 0.297. The molecule has 1 saturated heterocycles. The normalized spacial score (nSPS) is 43.9. The number of hydrogen-bond acceptors (Lipinski definition) is 3. The highest BCUT2D eigenvalue weighted by Gasteiger charge is 2.24. The van der Waals surface area contributed by atoms with Gasteiger partial charge in [0.25, 0.3) is 0 Å². The number of hydrogen-bond donors (Lipinski definition) is 2. The van der Waals surface area contributed by atoms with Crippen LogP contribution in [-0.4, -0.2) is 56.7 Å². The number of anilines is 1. The quantitative estimate of drug-likeness (QED) is 0.750. The summed E-state index contributed by atoms with van der Waals surface area (Å²) in [5.74, 6) is -3.71. The van der Waals surface area contributed by atoms with Crippen molar-refractivity contribution in [3.8, 4) is 0 Å². The Kier molecular flexibility index (Phi) is 3.66. The molecule has 1 aromatic carbocycles. The van der Waals surface area contributed by atoms with Crippen molar-refractivity contribution in [3.05, 3.63) is 28.2 Å². The number of benzene rings is 1. The Morgan fingerprint density at radius 2 is 1.96 bits per heavy atom. The molecular formula is C20H30Cl2N4O. The SMILES string of the molecule is [2H]C([2H])(CN1CCN(c2cccc(Cl)c2Cl)CC1)C1([2H])C([2H])([2H])C([2H])([2H])C([2H])(NC(=O)NC)C([2H])([2H])C1([2H])[2H]. The van der Waals surface area contributed by atoms with Crippen LogP contribution in [0.2, 0.25) is 10.0 Å². The minimum Gasteiger partial charge on any atom is -0.368 e. The summed E-state index contributed by atoms with van der Waals surface area (Å²) in [6, 6.07) is 0.263. The molecule has 0 radical (unpaired) electrons. The van der Waals surface area contributed by atoms with E-state index < -0.39 is 56.4 Å². The Labute approximate surface area is 189 Å². The van der Waals surface area contributed by atoms with Gasteiger partial charge in [-0.05, 0) is 56.4 Å². The number of amides is 2. The summed E-state index contributed by atoms with van der Waals surface area (Å²) in [5.41, 5.74) is 0.653. The number of piperazine rings is 1. The molecule has 1 aromatic rings. The van der Waals surface area contributed by atoms with Gasteiger partial charge in [-0.3, -0.25) is 4.90 Å². The maximum Gasteiger partial charge on any atom is 0.314 e. The van der Waals surface area contributed by atoms with Gasteiger partial charge >= 0.3 is 6.03 Å². The highest BCUT2D eigenvalue weighted by atomic mass is 35.5. The van der Waals surface area contributed by atoms with E-state index in [4.69, 9.17) is 39.7 Å². The van der Waals surface area contributed by atoms with Crippen LogP contribution in [0.3, 0.4) is 0 Å². The first-order chi connectivity index (χ1) is 17.6. The van der Waals surface area contributed by atoms with Gasteiger partial charge < -0.3 is 15.5 Å². The minimum atomic E-state index is -3.81. The topological polar surface area (TPSA) is 47.6 Å². The number of halogens is 2. The van der Waals surface area contributed by atoms with E-state index in [0.29, 0.717) is 28.8 Å². The highest BCUT2D eigenvalue weighted by Crippen LogP contribution is 2.33. The van der Waals surface area contributed by atoms with Crippen molar-refractivity contribution in [1.29, 1.82) is 0 Å². The van der Waals surface area contributed by atoms with E-state index in [9.17, 15) is 4.79 Å². The van der Waals surface area contributed by atoms with Gasteiger partial charge in [0, 0.05) is 54.3 Å². The number of nitrogens with zero attached hydrogens (tertiary/aromatic N) is 2. The fraction of sp³-hybridized carbons (Fsp3) is 0.650. The molecule has 2 fully saturated rings. The zero-order valence-corrected chi connectivity index (χ0v) is 16.3. The number of carbonyl (C=O) groups excluding carboxylic acids is 1. The minimum absolute atomic E-state index is 0.185. The van der Waals surface area contributed by atoms with Gasteiger partial charge in [-0.15, -0.1) is 0 Å². The van der Waals surface area contributed by atoms with Crippen LogP contribution in [0.4, 0.5) is 10.5 Å². The molecule has 2 aliphatic rings. The molecule has 1 aliphatic carbocycles. The lowest BCUT2D eigenvalue weighted by molar-refractivity contribution is 0.206. The summed E-state index contributed by atoms with van der Waals surface area (Å²) in [4.78, 5) is 15.4. The van der Waals surface area contributed by atoms with Gasteiger partial charge in [-0.2, -0.15) is 0 Å². The summed E-state index contributed by atoms with van der Waals surface area (Å²) < 4.78 is 103. The molecule has 0 bridgehead atoms. The number of rotatable bonds is 5. The third kappa shape index (κ3) is 5.66. The summed E-state index contributed by atoms with van der Waals surface area (Å²) in [7, 11) is 1.09. The lowest BCUT2D eigenvalue weighted by atomic mass is 9.84. The van der Waals surface area contributed by atoms with Gasteiger partial charge in [-0.25, -0.2) is 4.79 Å². The maximum atomic E-state index is 12.0. The number of nitrogens with one attached hydrogen (secondary N) is 2. The van der Waals surface area contributed by atoms with Crippen molar-refractivity contribution >= 4 is 34.9 Å². The molecule has 2 amide bonds. The van der Waals surface area contributed by atoms with Crippen LogP contribution in [0.1, 0.15) is 48.3 Å². The van der Waals surface area contributed by atoms with Crippen LogP contribution in [0, 0.1) is 5.89 Å². The first-order valence-corrected chi connectivity index (χ1v) is 9.24. The second kappa shape index (κ2) is 9.85. The van der Waals surface area contributed by atoms with Crippen molar-refractivity contribution in [2.45, 2.75) is 37.9 Å². The predicted octanol–water partition coefficient (Wildman–Crippen LogP) is 3.99. The first kappa shape index (κ1) is 10.0. The molecule has 0 aromatic heterocycles. The van der Waals surface area contributed by atoms with Crippen LogP contribution in [0.5, 0.6) is 0 Å². The molecular weight excluding hydrogens is 383 g/mol. The predicted molar refractivity (Wildman–Crippen MR) is 113 cm³/mol. The summed E-state index contributed by atoms with van der Waals surface area (Å²) in [6.07, 6.45) is -18.3. The summed E-state index contributed by atoms with van der Waals surface area (Å²) >= 11 is 12.4. The standard InChI is InChI=1S/C20H30Cl2N4O/c1-23-20(27)24-16-7-5-15(6-8-16)9-10-25-11-13-26(14-12-25)18-4-2-3-17(21)19(18)22/h2-4,15-16H,5-14H2,1H3,(H2,23,24,27)/i5D2,6D2,7D2,8D2,9D2,15D,16D. The van der Waals surface area contributed by atoms with Gasteiger partial charge in [0.05, 0.1) is 17.1 Å². The zero-order chi connectivity index (χ0) is 30.0. The van der Waals surface area contributed by atoms with Crippen molar-refractivity contribution in [1.82, 2.24) is 15.5 Å². The molecule has 2 N–H and O–H groups in total. The van der Waals surface area contributed by atoms with Crippen molar-refractivity contribution in [3.63, 3.8) is 0 Å². The molecule has 0 unspecified atom stereocenters. The largest absolute Gasteiger partial charge is 0.368 e. The molecule has 1 saturated carbocycles. The molecule has 0 atom stereocenters. The Morgan fingerprint density at radius 1 is 1.26 bits per heavy atom. The smallest absolute Gasteiger partial charge is 0.314 e. The average molecular weight is 425 g/mol. The van der Waals surface area contributed by atoms with Crippen molar-refractivity contribution < 1.29 is 21.2 Å². The Balaban J connectivity index is 1.97. The maximum absolute atomic E-state index is 12.0. The van der Waals surface area contributed by atoms with Crippen molar-refractivity contribution in [2.24, 2.45) is 5.89 Å². The zero-order valence-electron chi connectivity index (χ0n) is 26.8. The monoisotopic (exact) mass is 424 g/mol. The molecule has 0 spiro atoms. The number of urea groups is 1. The molecule has 1 aliphatic heterocycles. The van der Waals surface area contributed by atoms with Crippen LogP contribution >= 0.6 is 23.2 Å². The fourth-order valence-electron chi connectivity index (χ4n) is 2.71. The molecule has 7 heteroatoms. The van der Waals surface area contributed by atoms with Crippen molar-refractivity contribution in [2.75, 3.05) is 44.7 Å². The second-order valence-corrected chi connectivity index (χ2v) is 6.75. The van der Waals surface area contributed by atoms with Crippen LogP contribution in [0.15, 0.2) is 18.2 Å². The van der Waals surface area contributed by atoms with Gasteiger partial charge in [-0.1, -0.05) is 29.3 Å². The van der Waals surface area contributed by atoms with E-state index >= 15 is 0 Å². The van der Waals surface area contributed by atoms with Gasteiger partial charge in [0.1, 0.15) is 0 Å². The van der Waals surface area contributed by atoms with Crippen LogP contribution in [-0.2, 0) is 0 Å². The van der Waals surface area contributed by atoms with Crippen LogP contribution in [0.25, 0.3) is 0 Å². The van der Waals surface area contributed by atoms with Gasteiger partial charge in [0.2, 0.25) is 0 Å². The van der Waals surface area contributed by atoms with Gasteiger partial charge in [0.15, 0.2) is 0 Å². The van der Waals surface area contributed by atoms with E-state index in [1.54, 1.807) is 23.5 Å². The Bertz CT molecular complexity index is 1090. The molecule has 27 heavy (non-hydrogen) atoms. The van der Waals surface area contributed by atoms with E-state index in [1.807, 2.05) is 10.2 Å². The molecule has 1 heterocycles. The number of carbonyl (C=O) groups is 1. The first-order valence-electron chi connectivity index (χ1n) is 14.5.